The normalized spacial score (nSPS) is 11.1. The lowest BCUT2D eigenvalue weighted by atomic mass is 9.91. The Kier molecular flexibility index (Phi) is 8.48. The van der Waals surface area contributed by atoms with E-state index >= 15 is 0 Å². The number of aromatic nitrogens is 3. The van der Waals surface area contributed by atoms with Crippen LogP contribution >= 0.6 is 0 Å². The molecule has 5 heteroatoms. The third kappa shape index (κ3) is 6.32. The van der Waals surface area contributed by atoms with Gasteiger partial charge in [0.15, 0.2) is 23.2 Å². The first-order chi connectivity index (χ1) is 28.2. The Labute approximate surface area is 330 Å². The Balaban J connectivity index is 1.28. The van der Waals surface area contributed by atoms with E-state index in [4.69, 9.17) is 25.9 Å². The van der Waals surface area contributed by atoms with Gasteiger partial charge in [0.25, 0.3) is 0 Å². The number of rotatable bonds is 7. The highest BCUT2D eigenvalue weighted by molar-refractivity contribution is 6.19. The fourth-order valence-corrected chi connectivity index (χ4v) is 7.55. The van der Waals surface area contributed by atoms with E-state index in [0.29, 0.717) is 28.7 Å². The number of benzene rings is 8. The molecule has 0 unspecified atom stereocenters. The summed E-state index contributed by atoms with van der Waals surface area (Å²) in [5, 5.41) is 1.97. The summed E-state index contributed by atoms with van der Waals surface area (Å²) in [6.45, 7) is 7.43. The zero-order valence-electron chi connectivity index (χ0n) is 30.7. The van der Waals surface area contributed by atoms with E-state index in [0.717, 1.165) is 77.6 Å². The van der Waals surface area contributed by atoms with Crippen LogP contribution in [0.25, 0.3) is 105 Å². The summed E-state index contributed by atoms with van der Waals surface area (Å²) < 4.78 is 7.18. The molecule has 0 spiro atoms. The van der Waals surface area contributed by atoms with Crippen LogP contribution in [0, 0.1) is 6.57 Å². The van der Waals surface area contributed by atoms with Crippen LogP contribution in [0.1, 0.15) is 0 Å². The Morgan fingerprint density at radius 3 is 1.47 bits per heavy atom. The van der Waals surface area contributed by atoms with Crippen LogP contribution in [0.2, 0.25) is 0 Å². The molecule has 2 aromatic heterocycles. The highest BCUT2D eigenvalue weighted by Crippen LogP contribution is 2.46. The molecule has 0 bridgehead atoms. The van der Waals surface area contributed by atoms with Crippen LogP contribution in [-0.2, 0) is 0 Å². The Bertz CT molecular complexity index is 3040. The fourth-order valence-electron chi connectivity index (χ4n) is 7.55. The predicted octanol–water partition coefficient (Wildman–Crippen LogP) is 14.0. The topological polar surface area (TPSA) is 56.2 Å². The van der Waals surface area contributed by atoms with Crippen molar-refractivity contribution in [2.24, 2.45) is 0 Å². The first kappa shape index (κ1) is 33.6. The molecule has 10 rings (SSSR count). The molecule has 8 aromatic carbocycles. The van der Waals surface area contributed by atoms with Crippen molar-refractivity contribution in [1.82, 2.24) is 15.0 Å². The molecule has 0 radical (unpaired) electrons. The van der Waals surface area contributed by atoms with Gasteiger partial charge in [0.1, 0.15) is 11.2 Å². The maximum Gasteiger partial charge on any atom is 0.187 e. The molecule has 10 aromatic rings. The van der Waals surface area contributed by atoms with Gasteiger partial charge in [-0.25, -0.2) is 19.8 Å². The smallest absolute Gasteiger partial charge is 0.187 e. The molecule has 0 aliphatic rings. The third-order valence-electron chi connectivity index (χ3n) is 10.4. The van der Waals surface area contributed by atoms with Gasteiger partial charge in [0.2, 0.25) is 0 Å². The van der Waals surface area contributed by atoms with E-state index in [-0.39, 0.29) is 0 Å². The summed E-state index contributed by atoms with van der Waals surface area (Å²) in [7, 11) is 0. The number of furan rings is 1. The molecule has 266 valence electrons. The first-order valence-corrected chi connectivity index (χ1v) is 18.8. The molecule has 0 aliphatic heterocycles. The van der Waals surface area contributed by atoms with Crippen molar-refractivity contribution in [3.63, 3.8) is 0 Å². The number of fused-ring (bicyclic) bond motifs is 3. The molecule has 2 heterocycles. The number of nitrogens with zero attached hydrogens (tertiary/aromatic N) is 4. The molecule has 0 amide bonds. The lowest BCUT2D eigenvalue weighted by Gasteiger charge is -2.12. The second-order valence-electron chi connectivity index (χ2n) is 13.9. The molecule has 0 saturated heterocycles. The quantitative estimate of drug-likeness (QED) is 0.153. The Hall–Kier alpha value is -7.94. The molecule has 5 nitrogen and oxygen atoms in total. The van der Waals surface area contributed by atoms with E-state index in [9.17, 15) is 0 Å². The minimum Gasteiger partial charge on any atom is -0.455 e. The van der Waals surface area contributed by atoms with Gasteiger partial charge in [-0.2, -0.15) is 0 Å². The van der Waals surface area contributed by atoms with E-state index in [1.807, 2.05) is 97.1 Å². The van der Waals surface area contributed by atoms with Crippen molar-refractivity contribution in [2.75, 3.05) is 0 Å². The van der Waals surface area contributed by atoms with E-state index in [2.05, 4.69) is 102 Å². The monoisotopic (exact) mass is 728 g/mol. The van der Waals surface area contributed by atoms with Crippen molar-refractivity contribution in [3.05, 3.63) is 206 Å². The van der Waals surface area contributed by atoms with Gasteiger partial charge in [-0.3, -0.25) is 0 Å². The molecule has 0 fully saturated rings. The summed E-state index contributed by atoms with van der Waals surface area (Å²) in [5.41, 5.74) is 13.1. The van der Waals surface area contributed by atoms with Gasteiger partial charge >= 0.3 is 0 Å². The summed E-state index contributed by atoms with van der Waals surface area (Å²) in [6, 6.07) is 66.0. The summed E-state index contributed by atoms with van der Waals surface area (Å²) in [5.74, 6) is 1.69. The molecular formula is C52H32N4O. The van der Waals surface area contributed by atoms with Crippen molar-refractivity contribution < 1.29 is 4.42 Å². The van der Waals surface area contributed by atoms with Crippen LogP contribution in [0.15, 0.2) is 199 Å². The van der Waals surface area contributed by atoms with Crippen LogP contribution in [0.4, 0.5) is 5.69 Å². The van der Waals surface area contributed by atoms with Crippen molar-refractivity contribution in [2.45, 2.75) is 0 Å². The molecule has 0 aliphatic carbocycles. The van der Waals surface area contributed by atoms with Crippen molar-refractivity contribution >= 4 is 27.6 Å². The molecule has 0 N–H and O–H groups in total. The van der Waals surface area contributed by atoms with Crippen LogP contribution < -0.4 is 0 Å². The summed E-state index contributed by atoms with van der Waals surface area (Å²) in [4.78, 5) is 18.8. The van der Waals surface area contributed by atoms with E-state index in [1.54, 1.807) is 0 Å². The molecular weight excluding hydrogens is 697 g/mol. The van der Waals surface area contributed by atoms with Crippen molar-refractivity contribution in [1.29, 1.82) is 0 Å². The molecule has 57 heavy (non-hydrogen) atoms. The molecule has 0 atom stereocenters. The average molecular weight is 729 g/mol. The standard InChI is InChI=1S/C52H32N4O/c1-53-42-27-25-35(26-28-42)39-23-14-24-40(31-39)43-29-30-44(52-55-50(37-19-10-4-11-20-37)54-51(56-52)38-21-12-5-13-22-38)49-47(43)46-33-41(34-15-6-2-7-16-34)32-45(48(46)57-49)36-17-8-3-9-18-36/h2-33H. The lowest BCUT2D eigenvalue weighted by molar-refractivity contribution is 0.670. The highest BCUT2D eigenvalue weighted by Gasteiger charge is 2.23. The maximum absolute atomic E-state index is 7.43. The van der Waals surface area contributed by atoms with Crippen molar-refractivity contribution in [3.8, 4) is 78.7 Å². The third-order valence-corrected chi connectivity index (χ3v) is 10.4. The minimum absolute atomic E-state index is 0.525. The Morgan fingerprint density at radius 2 is 0.860 bits per heavy atom. The molecule has 0 saturated carbocycles. The average Bonchev–Trinajstić information content (AvgIpc) is 3.69. The number of hydrogen-bond acceptors (Lipinski definition) is 4. The van der Waals surface area contributed by atoms with Gasteiger partial charge in [-0.15, -0.1) is 0 Å². The van der Waals surface area contributed by atoms with Gasteiger partial charge in [-0.1, -0.05) is 170 Å². The summed E-state index contributed by atoms with van der Waals surface area (Å²) in [6.07, 6.45) is 0. The van der Waals surface area contributed by atoms with E-state index < -0.39 is 0 Å². The number of hydrogen-bond donors (Lipinski definition) is 0. The Morgan fingerprint density at radius 1 is 0.351 bits per heavy atom. The second-order valence-corrected chi connectivity index (χ2v) is 13.9. The van der Waals surface area contributed by atoms with Crippen LogP contribution in [0.3, 0.4) is 0 Å². The zero-order chi connectivity index (χ0) is 38.1. The largest absolute Gasteiger partial charge is 0.455 e. The fraction of sp³-hybridized carbons (Fsp3) is 0. The van der Waals surface area contributed by atoms with Gasteiger partial charge in [0, 0.05) is 27.5 Å². The lowest BCUT2D eigenvalue weighted by Crippen LogP contribution is -2.00. The van der Waals surface area contributed by atoms with Gasteiger partial charge in [0.05, 0.1) is 12.1 Å². The predicted molar refractivity (Wildman–Crippen MR) is 231 cm³/mol. The second kappa shape index (κ2) is 14.4. The summed E-state index contributed by atoms with van der Waals surface area (Å²) >= 11 is 0. The zero-order valence-corrected chi connectivity index (χ0v) is 30.7. The van der Waals surface area contributed by atoms with Gasteiger partial charge < -0.3 is 4.42 Å². The van der Waals surface area contributed by atoms with Crippen LogP contribution in [0.5, 0.6) is 0 Å². The SMILES string of the molecule is [C-]#[N+]c1ccc(-c2cccc(-c3ccc(-c4nc(-c5ccccc5)nc(-c5ccccc5)n4)c4oc5c(-c6ccccc6)cc(-c6ccccc6)cc5c34)c2)cc1. The highest BCUT2D eigenvalue weighted by atomic mass is 16.3. The van der Waals surface area contributed by atoms with Gasteiger partial charge in [-0.05, 0) is 63.2 Å². The minimum atomic E-state index is 0.525. The van der Waals surface area contributed by atoms with E-state index in [1.165, 1.54) is 0 Å². The first-order valence-electron chi connectivity index (χ1n) is 18.8. The van der Waals surface area contributed by atoms with Crippen LogP contribution in [-0.4, -0.2) is 15.0 Å². The maximum atomic E-state index is 7.43.